The van der Waals surface area contributed by atoms with E-state index in [1.165, 1.54) is 6.07 Å². The zero-order valence-corrected chi connectivity index (χ0v) is 15.7. The van der Waals surface area contributed by atoms with E-state index < -0.39 is 0 Å². The van der Waals surface area contributed by atoms with Gasteiger partial charge in [0.15, 0.2) is 11.0 Å². The Bertz CT molecular complexity index is 1130. The molecule has 0 spiro atoms. The summed E-state index contributed by atoms with van der Waals surface area (Å²) in [7, 11) is 0. The van der Waals surface area contributed by atoms with Gasteiger partial charge in [0, 0.05) is 24.2 Å². The number of hydrogen-bond acceptors (Lipinski definition) is 4. The van der Waals surface area contributed by atoms with Gasteiger partial charge in [0.1, 0.15) is 11.5 Å². The Morgan fingerprint density at radius 2 is 2.00 bits per heavy atom. The number of pyridine rings is 1. The number of hydrogen-bond donors (Lipinski definition) is 0. The van der Waals surface area contributed by atoms with Crippen molar-refractivity contribution in [2.45, 2.75) is 36.7 Å². The van der Waals surface area contributed by atoms with Crippen molar-refractivity contribution in [1.82, 2.24) is 24.1 Å². The average Bonchev–Trinajstić information content (AvgIpc) is 3.27. The Labute approximate surface area is 160 Å². The van der Waals surface area contributed by atoms with Gasteiger partial charge in [-0.2, -0.15) is 0 Å². The van der Waals surface area contributed by atoms with Crippen molar-refractivity contribution >= 4 is 17.4 Å². The quantitative estimate of drug-likeness (QED) is 0.473. The number of halogens is 1. The van der Waals surface area contributed by atoms with E-state index in [1.807, 2.05) is 28.9 Å². The lowest BCUT2D eigenvalue weighted by atomic mass is 10.2. The van der Waals surface area contributed by atoms with Gasteiger partial charge in [-0.25, -0.2) is 9.37 Å². The van der Waals surface area contributed by atoms with Crippen molar-refractivity contribution in [1.29, 1.82) is 0 Å². The van der Waals surface area contributed by atoms with Crippen LogP contribution in [0.15, 0.2) is 53.9 Å². The lowest BCUT2D eigenvalue weighted by Crippen LogP contribution is -2.01. The number of thioether (sulfide) groups is 1. The second-order valence-corrected chi connectivity index (χ2v) is 7.77. The molecule has 0 aliphatic heterocycles. The monoisotopic (exact) mass is 379 g/mol. The van der Waals surface area contributed by atoms with Crippen LogP contribution in [0, 0.1) is 12.7 Å². The van der Waals surface area contributed by atoms with Crippen LogP contribution in [0.5, 0.6) is 0 Å². The van der Waals surface area contributed by atoms with E-state index in [4.69, 9.17) is 4.98 Å². The molecular weight excluding hydrogens is 361 g/mol. The van der Waals surface area contributed by atoms with Gasteiger partial charge in [-0.3, -0.25) is 4.57 Å². The highest BCUT2D eigenvalue weighted by atomic mass is 32.2. The summed E-state index contributed by atoms with van der Waals surface area (Å²) in [5.74, 6) is 1.05. The molecule has 0 saturated heterocycles. The van der Waals surface area contributed by atoms with Crippen LogP contribution in [0.25, 0.3) is 17.0 Å². The van der Waals surface area contributed by atoms with Gasteiger partial charge in [-0.15, -0.1) is 10.2 Å². The van der Waals surface area contributed by atoms with Crippen LogP contribution in [0.3, 0.4) is 0 Å². The molecule has 0 amide bonds. The topological polar surface area (TPSA) is 48.0 Å². The van der Waals surface area contributed by atoms with E-state index in [9.17, 15) is 4.39 Å². The van der Waals surface area contributed by atoms with Gasteiger partial charge in [0.05, 0.1) is 11.3 Å². The molecule has 0 N–H and O–H groups in total. The molecule has 1 aliphatic rings. The number of imidazole rings is 1. The Morgan fingerprint density at radius 1 is 1.15 bits per heavy atom. The molecule has 136 valence electrons. The summed E-state index contributed by atoms with van der Waals surface area (Å²) in [4.78, 5) is 4.72. The zero-order valence-electron chi connectivity index (χ0n) is 14.8. The number of benzene rings is 1. The molecule has 1 aliphatic carbocycles. The average molecular weight is 379 g/mol. The van der Waals surface area contributed by atoms with Crippen molar-refractivity contribution in [3.8, 4) is 11.4 Å². The number of aryl methyl sites for hydroxylation is 1. The van der Waals surface area contributed by atoms with Gasteiger partial charge in [-0.05, 0) is 43.5 Å². The molecule has 27 heavy (non-hydrogen) atoms. The molecule has 3 aromatic heterocycles. The van der Waals surface area contributed by atoms with Crippen molar-refractivity contribution in [3.05, 3.63) is 65.9 Å². The maximum absolute atomic E-state index is 14.3. The van der Waals surface area contributed by atoms with Crippen LogP contribution >= 0.6 is 11.8 Å². The van der Waals surface area contributed by atoms with Gasteiger partial charge < -0.3 is 4.40 Å². The first-order valence-corrected chi connectivity index (χ1v) is 9.95. The van der Waals surface area contributed by atoms with Crippen LogP contribution in [0.4, 0.5) is 4.39 Å². The Balaban J connectivity index is 1.45. The smallest absolute Gasteiger partial charge is 0.192 e. The van der Waals surface area contributed by atoms with E-state index in [1.54, 1.807) is 23.9 Å². The standard InChI is InChI=1S/C20H18FN5S/c1-13-5-4-10-25-11-14(22-18(13)25)12-27-20-24-23-19(26(20)15-8-9-15)16-6-2-3-7-17(16)21/h2-7,10-11,15H,8-9,12H2,1H3. The van der Waals surface area contributed by atoms with Gasteiger partial charge in [-0.1, -0.05) is 30.0 Å². The van der Waals surface area contributed by atoms with E-state index in [0.717, 1.165) is 34.9 Å². The summed E-state index contributed by atoms with van der Waals surface area (Å²) in [6, 6.07) is 11.2. The van der Waals surface area contributed by atoms with Gasteiger partial charge >= 0.3 is 0 Å². The molecule has 0 atom stereocenters. The third-order valence-corrected chi connectivity index (χ3v) is 5.74. The molecule has 1 saturated carbocycles. The summed E-state index contributed by atoms with van der Waals surface area (Å²) < 4.78 is 18.4. The predicted molar refractivity (Wildman–Crippen MR) is 103 cm³/mol. The van der Waals surface area contributed by atoms with Crippen LogP contribution < -0.4 is 0 Å². The Morgan fingerprint density at radius 3 is 2.78 bits per heavy atom. The van der Waals surface area contributed by atoms with Crippen molar-refractivity contribution in [3.63, 3.8) is 0 Å². The summed E-state index contributed by atoms with van der Waals surface area (Å²) in [5.41, 5.74) is 3.62. The van der Waals surface area contributed by atoms with Crippen molar-refractivity contribution in [2.75, 3.05) is 0 Å². The van der Waals surface area contributed by atoms with Gasteiger partial charge in [0.2, 0.25) is 0 Å². The zero-order chi connectivity index (χ0) is 18.4. The minimum absolute atomic E-state index is 0.265. The van der Waals surface area contributed by atoms with Gasteiger partial charge in [0.25, 0.3) is 0 Å². The number of rotatable bonds is 5. The van der Waals surface area contributed by atoms with Crippen molar-refractivity contribution in [2.24, 2.45) is 0 Å². The molecule has 0 unspecified atom stereocenters. The van der Waals surface area contributed by atoms with Crippen LogP contribution in [0.1, 0.15) is 30.1 Å². The minimum atomic E-state index is -0.265. The van der Waals surface area contributed by atoms with E-state index in [-0.39, 0.29) is 5.82 Å². The Hall–Kier alpha value is -2.67. The first kappa shape index (κ1) is 16.5. The summed E-state index contributed by atoms with van der Waals surface area (Å²) in [6.07, 6.45) is 6.22. The van der Waals surface area contributed by atoms with E-state index >= 15 is 0 Å². The fourth-order valence-electron chi connectivity index (χ4n) is 3.28. The second-order valence-electron chi connectivity index (χ2n) is 6.83. The summed E-state index contributed by atoms with van der Waals surface area (Å²) in [6.45, 7) is 2.06. The predicted octanol–water partition coefficient (Wildman–Crippen LogP) is 4.67. The molecule has 5 rings (SSSR count). The van der Waals surface area contributed by atoms with E-state index in [2.05, 4.69) is 27.8 Å². The van der Waals surface area contributed by atoms with Crippen LogP contribution in [-0.4, -0.2) is 24.1 Å². The molecular formula is C20H18FN5S. The SMILES string of the molecule is Cc1cccn2cc(CSc3nnc(-c4ccccc4F)n3C3CC3)nc12. The van der Waals surface area contributed by atoms with Crippen molar-refractivity contribution < 1.29 is 4.39 Å². The third-order valence-electron chi connectivity index (χ3n) is 4.77. The molecule has 0 bridgehead atoms. The highest BCUT2D eigenvalue weighted by Gasteiger charge is 2.31. The largest absolute Gasteiger partial charge is 0.307 e. The molecule has 1 aromatic carbocycles. The first-order chi connectivity index (χ1) is 13.2. The second kappa shape index (κ2) is 6.49. The molecule has 1 fully saturated rings. The van der Waals surface area contributed by atoms with Crippen LogP contribution in [-0.2, 0) is 5.75 Å². The normalized spacial score (nSPS) is 14.1. The highest BCUT2D eigenvalue weighted by molar-refractivity contribution is 7.98. The lowest BCUT2D eigenvalue weighted by Gasteiger charge is -2.08. The number of aromatic nitrogens is 5. The third kappa shape index (κ3) is 3.02. The summed E-state index contributed by atoms with van der Waals surface area (Å²) >= 11 is 1.60. The molecule has 5 nitrogen and oxygen atoms in total. The molecule has 4 aromatic rings. The maximum atomic E-state index is 14.3. The first-order valence-electron chi connectivity index (χ1n) is 8.96. The van der Waals surface area contributed by atoms with Crippen LogP contribution in [0.2, 0.25) is 0 Å². The number of nitrogens with zero attached hydrogens (tertiary/aromatic N) is 5. The minimum Gasteiger partial charge on any atom is -0.307 e. The maximum Gasteiger partial charge on any atom is 0.192 e. The molecule has 0 radical (unpaired) electrons. The fourth-order valence-corrected chi connectivity index (χ4v) is 4.17. The lowest BCUT2D eigenvalue weighted by molar-refractivity contribution is 0.622. The van der Waals surface area contributed by atoms with E-state index in [0.29, 0.717) is 23.2 Å². The summed E-state index contributed by atoms with van der Waals surface area (Å²) in [5, 5.41) is 9.48. The highest BCUT2D eigenvalue weighted by Crippen LogP contribution is 2.41. The molecule has 7 heteroatoms. The Kier molecular flexibility index (Phi) is 3.97. The molecule has 3 heterocycles. The fraction of sp³-hybridized carbons (Fsp3) is 0.250. The number of fused-ring (bicyclic) bond motifs is 1.